The molecule has 0 atom stereocenters. The van der Waals surface area contributed by atoms with Gasteiger partial charge in [-0.25, -0.2) is 4.79 Å². The van der Waals surface area contributed by atoms with Crippen LogP contribution in [0.1, 0.15) is 46.6 Å². The van der Waals surface area contributed by atoms with Crippen molar-refractivity contribution in [3.63, 3.8) is 0 Å². The minimum atomic E-state index is -0.830. The van der Waals surface area contributed by atoms with Gasteiger partial charge in [-0.2, -0.15) is 10.4 Å². The third kappa shape index (κ3) is 4.58. The number of nitrogens with one attached hydrogen (secondary N) is 1. The molecule has 1 N–H and O–H groups in total. The van der Waals surface area contributed by atoms with Crippen LogP contribution in [-0.4, -0.2) is 33.8 Å². The molecule has 1 saturated carbocycles. The highest BCUT2D eigenvalue weighted by Crippen LogP contribution is 2.30. The number of hydrogen-bond acceptors (Lipinski definition) is 6. The lowest BCUT2D eigenvalue weighted by molar-refractivity contribution is -0.125. The first kappa shape index (κ1) is 21.3. The molecule has 0 unspecified atom stereocenters. The molecule has 9 heteroatoms. The van der Waals surface area contributed by atoms with Crippen molar-refractivity contribution < 1.29 is 14.3 Å². The number of benzene rings is 1. The van der Waals surface area contributed by atoms with E-state index in [-0.39, 0.29) is 0 Å². The highest BCUT2D eigenvalue weighted by atomic mass is 35.5. The molecule has 0 bridgehead atoms. The van der Waals surface area contributed by atoms with Crippen LogP contribution in [0.5, 0.6) is 0 Å². The van der Waals surface area contributed by atoms with Crippen LogP contribution in [-0.2, 0) is 16.1 Å². The normalized spacial score (nSPS) is 15.0. The Morgan fingerprint density at radius 1 is 1.32 bits per heavy atom. The number of hydrogen-bond donors (Lipinski definition) is 1. The Kier molecular flexibility index (Phi) is 5.99. The number of thiophene rings is 1. The Hall–Kier alpha value is -2.89. The maximum absolute atomic E-state index is 12.5. The van der Waals surface area contributed by atoms with E-state index in [0.717, 1.165) is 34.3 Å². The molecule has 2 heterocycles. The van der Waals surface area contributed by atoms with Crippen LogP contribution in [0.4, 0.5) is 0 Å². The number of aromatic nitrogens is 2. The average molecular weight is 457 g/mol. The molecule has 3 aromatic rings. The fraction of sp³-hybridized carbons (Fsp3) is 0.364. The van der Waals surface area contributed by atoms with Gasteiger partial charge in [-0.3, -0.25) is 9.48 Å². The van der Waals surface area contributed by atoms with Gasteiger partial charge in [-0.15, -0.1) is 11.3 Å². The standard InChI is InChI=1S/C22H21ClN4O3S/c1-14-17-10-18(21(29)30-12-19(28)25-22(13-24)8-2-3-9-22)31-20(17)27(26-14)11-15-4-6-16(23)7-5-15/h4-7,10H,2-3,8-9,11-12H2,1H3,(H,25,28). The summed E-state index contributed by atoms with van der Waals surface area (Å²) < 4.78 is 7.05. The van der Waals surface area contributed by atoms with Crippen molar-refractivity contribution in [1.29, 1.82) is 5.26 Å². The topological polar surface area (TPSA) is 97.0 Å². The largest absolute Gasteiger partial charge is 0.451 e. The van der Waals surface area contributed by atoms with Gasteiger partial charge in [0.2, 0.25) is 0 Å². The van der Waals surface area contributed by atoms with Gasteiger partial charge in [-0.05, 0) is 56.4 Å². The molecule has 31 heavy (non-hydrogen) atoms. The summed E-state index contributed by atoms with van der Waals surface area (Å²) in [5.41, 5.74) is 1.03. The SMILES string of the molecule is Cc1nn(Cc2ccc(Cl)cc2)c2sc(C(=O)OCC(=O)NC3(C#N)CCCC3)cc12. The van der Waals surface area contributed by atoms with Crippen molar-refractivity contribution in [3.8, 4) is 6.07 Å². The minimum Gasteiger partial charge on any atom is -0.451 e. The summed E-state index contributed by atoms with van der Waals surface area (Å²) in [6.07, 6.45) is 3.06. The lowest BCUT2D eigenvalue weighted by Crippen LogP contribution is -2.46. The van der Waals surface area contributed by atoms with Gasteiger partial charge in [-0.1, -0.05) is 23.7 Å². The van der Waals surface area contributed by atoms with Gasteiger partial charge < -0.3 is 10.1 Å². The van der Waals surface area contributed by atoms with Crippen molar-refractivity contribution in [1.82, 2.24) is 15.1 Å². The quantitative estimate of drug-likeness (QED) is 0.560. The van der Waals surface area contributed by atoms with Crippen molar-refractivity contribution >= 4 is 45.0 Å². The number of nitrogens with zero attached hydrogens (tertiary/aromatic N) is 3. The molecular formula is C22H21ClN4O3S. The first-order valence-corrected chi connectivity index (χ1v) is 11.2. The molecule has 1 aromatic carbocycles. The highest BCUT2D eigenvalue weighted by molar-refractivity contribution is 7.20. The Morgan fingerprint density at radius 3 is 2.71 bits per heavy atom. The number of carbonyl (C=O) groups is 2. The van der Waals surface area contributed by atoms with Crippen molar-refractivity contribution in [2.45, 2.75) is 44.7 Å². The van der Waals surface area contributed by atoms with E-state index in [1.807, 2.05) is 35.9 Å². The number of esters is 1. The van der Waals surface area contributed by atoms with Crippen LogP contribution in [0.2, 0.25) is 5.02 Å². The molecular weight excluding hydrogens is 436 g/mol. The Bertz CT molecular complexity index is 1170. The molecule has 160 valence electrons. The summed E-state index contributed by atoms with van der Waals surface area (Å²) in [5, 5.41) is 18.2. The number of ether oxygens (including phenoxy) is 1. The molecule has 1 fully saturated rings. The second-order valence-electron chi connectivity index (χ2n) is 7.72. The maximum atomic E-state index is 12.5. The Labute approximate surface area is 188 Å². The number of carbonyl (C=O) groups excluding carboxylic acids is 2. The van der Waals surface area contributed by atoms with Crippen LogP contribution in [0.15, 0.2) is 30.3 Å². The third-order valence-corrected chi connectivity index (χ3v) is 6.82. The fourth-order valence-corrected chi connectivity index (χ4v) is 5.01. The summed E-state index contributed by atoms with van der Waals surface area (Å²) in [5.74, 6) is -1.02. The second-order valence-corrected chi connectivity index (χ2v) is 9.19. The monoisotopic (exact) mass is 456 g/mol. The van der Waals surface area contributed by atoms with Crippen LogP contribution in [0.25, 0.3) is 10.2 Å². The Morgan fingerprint density at radius 2 is 2.03 bits per heavy atom. The smallest absolute Gasteiger partial charge is 0.348 e. The minimum absolute atomic E-state index is 0.406. The molecule has 0 spiro atoms. The third-order valence-electron chi connectivity index (χ3n) is 5.44. The molecule has 7 nitrogen and oxygen atoms in total. The summed E-state index contributed by atoms with van der Waals surface area (Å²) in [4.78, 5) is 26.0. The number of halogens is 1. The van der Waals surface area contributed by atoms with Crippen molar-refractivity contribution in [2.75, 3.05) is 6.61 Å². The Balaban J connectivity index is 1.43. The lowest BCUT2D eigenvalue weighted by Gasteiger charge is -2.21. The zero-order chi connectivity index (χ0) is 22.0. The summed E-state index contributed by atoms with van der Waals surface area (Å²) in [6, 6.07) is 11.5. The summed E-state index contributed by atoms with van der Waals surface area (Å²) in [6.45, 7) is 2.03. The van der Waals surface area contributed by atoms with Crippen LogP contribution < -0.4 is 5.32 Å². The van der Waals surface area contributed by atoms with Crippen LogP contribution in [0.3, 0.4) is 0 Å². The molecule has 0 saturated heterocycles. The molecule has 1 aliphatic carbocycles. The first-order valence-electron chi connectivity index (χ1n) is 10.00. The fourth-order valence-electron chi connectivity index (χ4n) is 3.83. The molecule has 2 aromatic heterocycles. The number of amides is 1. The number of rotatable bonds is 6. The molecule has 1 aliphatic rings. The van der Waals surface area contributed by atoms with E-state index in [0.29, 0.717) is 29.3 Å². The molecule has 0 aliphatic heterocycles. The summed E-state index contributed by atoms with van der Waals surface area (Å²) >= 11 is 7.23. The number of aryl methyl sites for hydroxylation is 1. The second kappa shape index (κ2) is 8.69. The number of fused-ring (bicyclic) bond motifs is 1. The average Bonchev–Trinajstić information content (AvgIpc) is 3.46. The van der Waals surface area contributed by atoms with Gasteiger partial charge in [0.15, 0.2) is 6.61 Å². The first-order chi connectivity index (χ1) is 14.9. The van der Waals surface area contributed by atoms with Gasteiger partial charge >= 0.3 is 5.97 Å². The molecule has 4 rings (SSSR count). The predicted octanol–water partition coefficient (Wildman–Crippen LogP) is 4.22. The van der Waals surface area contributed by atoms with Gasteiger partial charge in [0, 0.05) is 10.4 Å². The van der Waals surface area contributed by atoms with E-state index in [1.165, 1.54) is 11.3 Å². The summed E-state index contributed by atoms with van der Waals surface area (Å²) in [7, 11) is 0. The van der Waals surface area contributed by atoms with E-state index in [4.69, 9.17) is 16.3 Å². The van der Waals surface area contributed by atoms with E-state index >= 15 is 0 Å². The zero-order valence-corrected chi connectivity index (χ0v) is 18.6. The van der Waals surface area contributed by atoms with Crippen LogP contribution in [0, 0.1) is 18.3 Å². The van der Waals surface area contributed by atoms with E-state index < -0.39 is 24.0 Å². The van der Waals surface area contributed by atoms with Gasteiger partial charge in [0.1, 0.15) is 15.2 Å². The molecule has 0 radical (unpaired) electrons. The predicted molar refractivity (Wildman–Crippen MR) is 118 cm³/mol. The maximum Gasteiger partial charge on any atom is 0.348 e. The zero-order valence-electron chi connectivity index (χ0n) is 17.0. The van der Waals surface area contributed by atoms with Gasteiger partial charge in [0.25, 0.3) is 5.91 Å². The van der Waals surface area contributed by atoms with Crippen molar-refractivity contribution in [2.24, 2.45) is 0 Å². The van der Waals surface area contributed by atoms with Crippen LogP contribution >= 0.6 is 22.9 Å². The molecule has 1 amide bonds. The number of nitriles is 1. The lowest BCUT2D eigenvalue weighted by atomic mass is 10.00. The van der Waals surface area contributed by atoms with E-state index in [2.05, 4.69) is 16.5 Å². The highest BCUT2D eigenvalue weighted by Gasteiger charge is 2.35. The van der Waals surface area contributed by atoms with E-state index in [1.54, 1.807) is 6.07 Å². The van der Waals surface area contributed by atoms with Gasteiger partial charge in [0.05, 0.1) is 18.3 Å². The van der Waals surface area contributed by atoms with E-state index in [9.17, 15) is 14.9 Å². The van der Waals surface area contributed by atoms with Crippen molar-refractivity contribution in [3.05, 3.63) is 51.5 Å².